The molecule has 2 aromatic carbocycles. The average Bonchev–Trinajstić information content (AvgIpc) is 3.15. The van der Waals surface area contributed by atoms with Gasteiger partial charge in [0.25, 0.3) is 5.91 Å². The van der Waals surface area contributed by atoms with Gasteiger partial charge in [0.05, 0.1) is 24.2 Å². The van der Waals surface area contributed by atoms with Crippen LogP contribution in [0.4, 0.5) is 5.82 Å². The van der Waals surface area contributed by atoms with Crippen LogP contribution in [-0.2, 0) is 21.3 Å². The highest BCUT2D eigenvalue weighted by atomic mass is 32.2. The molecule has 152 valence electrons. The predicted octanol–water partition coefficient (Wildman–Crippen LogP) is 2.11. The highest BCUT2D eigenvalue weighted by molar-refractivity contribution is 7.89. The molecule has 0 atom stereocenters. The molecule has 9 heteroatoms. The summed E-state index contributed by atoms with van der Waals surface area (Å²) in [5, 5.41) is 7.03. The number of carbonyl (C=O) groups excluding carboxylic acids is 1. The van der Waals surface area contributed by atoms with E-state index in [1.165, 1.54) is 25.3 Å². The molecule has 0 aliphatic rings. The van der Waals surface area contributed by atoms with Crippen LogP contribution in [0.5, 0.6) is 0 Å². The van der Waals surface area contributed by atoms with Gasteiger partial charge in [-0.1, -0.05) is 36.4 Å². The Morgan fingerprint density at radius 1 is 1.10 bits per heavy atom. The van der Waals surface area contributed by atoms with Crippen molar-refractivity contribution in [2.45, 2.75) is 11.4 Å². The normalized spacial score (nSPS) is 11.3. The van der Waals surface area contributed by atoms with Crippen molar-refractivity contribution in [2.75, 3.05) is 25.6 Å². The minimum Gasteiger partial charge on any atom is -0.383 e. The van der Waals surface area contributed by atoms with Crippen LogP contribution >= 0.6 is 0 Å². The molecule has 0 unspecified atom stereocenters. The van der Waals surface area contributed by atoms with Crippen LogP contribution in [-0.4, -0.2) is 44.4 Å². The molecule has 1 heterocycles. The zero-order chi connectivity index (χ0) is 20.7. The minimum atomic E-state index is -3.73. The lowest BCUT2D eigenvalue weighted by molar-refractivity contribution is 0.102. The molecule has 8 nitrogen and oxygen atoms in total. The molecule has 0 aliphatic carbocycles. The maximum absolute atomic E-state index is 12.7. The Balaban J connectivity index is 1.73. The number of anilines is 1. The highest BCUT2D eigenvalue weighted by Crippen LogP contribution is 2.15. The summed E-state index contributed by atoms with van der Waals surface area (Å²) in [6.45, 7) is 0.903. The Morgan fingerprint density at radius 3 is 2.66 bits per heavy atom. The Labute approximate surface area is 169 Å². The quantitative estimate of drug-likeness (QED) is 0.522. The molecule has 0 bridgehead atoms. The monoisotopic (exact) mass is 414 g/mol. The van der Waals surface area contributed by atoms with E-state index in [4.69, 9.17) is 4.74 Å². The van der Waals surface area contributed by atoms with Crippen molar-refractivity contribution in [2.24, 2.45) is 0 Å². The third-order valence-electron chi connectivity index (χ3n) is 4.14. The van der Waals surface area contributed by atoms with Crippen molar-refractivity contribution in [1.82, 2.24) is 14.5 Å². The number of benzene rings is 2. The third kappa shape index (κ3) is 5.50. The number of hydrogen-bond donors (Lipinski definition) is 2. The van der Waals surface area contributed by atoms with E-state index < -0.39 is 15.9 Å². The van der Waals surface area contributed by atoms with Crippen LogP contribution in [0.2, 0.25) is 0 Å². The molecule has 0 aliphatic heterocycles. The topological polar surface area (TPSA) is 102 Å². The second kappa shape index (κ2) is 9.46. The maximum Gasteiger partial charge on any atom is 0.256 e. The fourth-order valence-corrected chi connectivity index (χ4v) is 3.73. The molecule has 0 saturated carbocycles. The molecule has 2 N–H and O–H groups in total. The summed E-state index contributed by atoms with van der Waals surface area (Å²) in [4.78, 5) is 12.7. The van der Waals surface area contributed by atoms with Crippen LogP contribution < -0.4 is 10.0 Å². The first-order valence-corrected chi connectivity index (χ1v) is 10.4. The standard InChI is InChI=1S/C20H22N4O4S/c1-28-13-12-22-29(26,27)18-9-5-8-17(14-18)20(25)23-19-10-11-21-24(19)15-16-6-3-2-4-7-16/h2-11,14,22H,12-13,15H2,1H3,(H,23,25). The Bertz CT molecular complexity index is 1060. The molecule has 3 aromatic rings. The second-order valence-corrected chi connectivity index (χ2v) is 8.00. The van der Waals surface area contributed by atoms with Crippen LogP contribution in [0, 0.1) is 0 Å². The summed E-state index contributed by atoms with van der Waals surface area (Å²) in [6, 6.07) is 17.3. The van der Waals surface area contributed by atoms with Crippen molar-refractivity contribution < 1.29 is 17.9 Å². The van der Waals surface area contributed by atoms with Crippen LogP contribution in [0.1, 0.15) is 15.9 Å². The van der Waals surface area contributed by atoms with Gasteiger partial charge < -0.3 is 10.1 Å². The van der Waals surface area contributed by atoms with Gasteiger partial charge in [0.15, 0.2) is 0 Å². The smallest absolute Gasteiger partial charge is 0.256 e. The predicted molar refractivity (Wildman–Crippen MR) is 109 cm³/mol. The summed E-state index contributed by atoms with van der Waals surface area (Å²) >= 11 is 0. The number of hydrogen-bond acceptors (Lipinski definition) is 5. The van der Waals surface area contributed by atoms with E-state index in [9.17, 15) is 13.2 Å². The van der Waals surface area contributed by atoms with Crippen molar-refractivity contribution in [3.8, 4) is 0 Å². The van der Waals surface area contributed by atoms with Gasteiger partial charge >= 0.3 is 0 Å². The average molecular weight is 414 g/mol. The lowest BCUT2D eigenvalue weighted by Gasteiger charge is -2.10. The van der Waals surface area contributed by atoms with E-state index in [1.54, 1.807) is 23.0 Å². The van der Waals surface area contributed by atoms with Crippen molar-refractivity contribution in [3.05, 3.63) is 78.0 Å². The number of amides is 1. The van der Waals surface area contributed by atoms with Crippen molar-refractivity contribution in [3.63, 3.8) is 0 Å². The van der Waals surface area contributed by atoms with E-state index in [-0.39, 0.29) is 23.6 Å². The first kappa shape index (κ1) is 20.7. The van der Waals surface area contributed by atoms with E-state index in [1.807, 2.05) is 30.3 Å². The largest absolute Gasteiger partial charge is 0.383 e. The number of ether oxygens (including phenoxy) is 1. The maximum atomic E-state index is 12.7. The first-order valence-electron chi connectivity index (χ1n) is 8.95. The summed E-state index contributed by atoms with van der Waals surface area (Å²) in [5.41, 5.74) is 1.27. The Kier molecular flexibility index (Phi) is 6.76. The summed E-state index contributed by atoms with van der Waals surface area (Å²) < 4.78 is 33.6. The SMILES string of the molecule is COCCNS(=O)(=O)c1cccc(C(=O)Nc2ccnn2Cc2ccccc2)c1. The van der Waals surface area contributed by atoms with Gasteiger partial charge in [-0.15, -0.1) is 0 Å². The summed E-state index contributed by atoms with van der Waals surface area (Å²) in [7, 11) is -2.24. The third-order valence-corrected chi connectivity index (χ3v) is 5.60. The number of methoxy groups -OCH3 is 1. The van der Waals surface area contributed by atoms with Crippen LogP contribution in [0.25, 0.3) is 0 Å². The zero-order valence-corrected chi connectivity index (χ0v) is 16.7. The minimum absolute atomic E-state index is 0.0130. The van der Waals surface area contributed by atoms with Crippen LogP contribution in [0.3, 0.4) is 0 Å². The summed E-state index contributed by atoms with van der Waals surface area (Å²) in [5.74, 6) is 0.0964. The molecule has 29 heavy (non-hydrogen) atoms. The van der Waals surface area contributed by atoms with Crippen molar-refractivity contribution >= 4 is 21.7 Å². The molecule has 0 saturated heterocycles. The number of rotatable bonds is 9. The molecule has 0 spiro atoms. The van der Waals surface area contributed by atoms with Gasteiger partial charge in [-0.05, 0) is 23.8 Å². The fourth-order valence-electron chi connectivity index (χ4n) is 2.68. The van der Waals surface area contributed by atoms with Crippen molar-refractivity contribution in [1.29, 1.82) is 0 Å². The molecular weight excluding hydrogens is 392 g/mol. The van der Waals surface area contributed by atoms with Gasteiger partial charge in [0, 0.05) is 25.3 Å². The van der Waals surface area contributed by atoms with Gasteiger partial charge in [0.1, 0.15) is 5.82 Å². The number of aromatic nitrogens is 2. The Morgan fingerprint density at radius 2 is 1.90 bits per heavy atom. The Hall–Kier alpha value is -3.01. The van der Waals surface area contributed by atoms with E-state index in [2.05, 4.69) is 15.1 Å². The second-order valence-electron chi connectivity index (χ2n) is 6.23. The number of sulfonamides is 1. The molecular formula is C20H22N4O4S. The van der Waals surface area contributed by atoms with Gasteiger partial charge in [0.2, 0.25) is 10.0 Å². The number of nitrogens with one attached hydrogen (secondary N) is 2. The van der Waals surface area contributed by atoms with Crippen LogP contribution in [0.15, 0.2) is 71.8 Å². The molecule has 1 amide bonds. The van der Waals surface area contributed by atoms with Gasteiger partial charge in [-0.2, -0.15) is 5.10 Å². The number of carbonyl (C=O) groups is 1. The molecule has 1 aromatic heterocycles. The fraction of sp³-hybridized carbons (Fsp3) is 0.200. The van der Waals surface area contributed by atoms with E-state index in [0.29, 0.717) is 12.4 Å². The molecule has 0 radical (unpaired) electrons. The van der Waals surface area contributed by atoms with Gasteiger partial charge in [-0.25, -0.2) is 17.8 Å². The number of nitrogens with zero attached hydrogens (tertiary/aromatic N) is 2. The van der Waals surface area contributed by atoms with E-state index >= 15 is 0 Å². The first-order chi connectivity index (χ1) is 14.0. The lowest BCUT2D eigenvalue weighted by Crippen LogP contribution is -2.27. The molecule has 0 fully saturated rings. The van der Waals surface area contributed by atoms with E-state index in [0.717, 1.165) is 5.56 Å². The lowest BCUT2D eigenvalue weighted by atomic mass is 10.2. The van der Waals surface area contributed by atoms with Gasteiger partial charge in [-0.3, -0.25) is 4.79 Å². The summed E-state index contributed by atoms with van der Waals surface area (Å²) in [6.07, 6.45) is 1.60. The molecule has 3 rings (SSSR count). The highest BCUT2D eigenvalue weighted by Gasteiger charge is 2.16. The zero-order valence-electron chi connectivity index (χ0n) is 15.9.